The van der Waals surface area contributed by atoms with Crippen molar-refractivity contribution in [3.05, 3.63) is 34.3 Å². The zero-order valence-corrected chi connectivity index (χ0v) is 11.1. The van der Waals surface area contributed by atoms with Gasteiger partial charge in [0.25, 0.3) is 0 Å². The van der Waals surface area contributed by atoms with Crippen molar-refractivity contribution in [2.45, 2.75) is 20.4 Å². The maximum atomic E-state index is 6.06. The zero-order chi connectivity index (χ0) is 12.0. The van der Waals surface area contributed by atoms with Gasteiger partial charge in [0.2, 0.25) is 0 Å². The number of halogens is 1. The van der Waals surface area contributed by atoms with Gasteiger partial charge in [-0.15, -0.1) is 0 Å². The Morgan fingerprint density at radius 2 is 2.12 bits per heavy atom. The summed E-state index contributed by atoms with van der Waals surface area (Å²) < 4.78 is 0. The summed E-state index contributed by atoms with van der Waals surface area (Å²) in [6.07, 6.45) is 0. The summed E-state index contributed by atoms with van der Waals surface area (Å²) in [6, 6.07) is 6.06. The lowest BCUT2D eigenvalue weighted by Gasteiger charge is -2.14. The van der Waals surface area contributed by atoms with Gasteiger partial charge in [-0.1, -0.05) is 30.7 Å². The van der Waals surface area contributed by atoms with Gasteiger partial charge in [-0.05, 0) is 37.7 Å². The van der Waals surface area contributed by atoms with Crippen molar-refractivity contribution in [2.75, 3.05) is 26.7 Å². The molecule has 0 aliphatic heterocycles. The molecule has 0 saturated heterocycles. The molecule has 16 heavy (non-hydrogen) atoms. The molecule has 0 fully saturated rings. The van der Waals surface area contributed by atoms with Gasteiger partial charge in [0.1, 0.15) is 0 Å². The van der Waals surface area contributed by atoms with E-state index in [0.29, 0.717) is 0 Å². The average molecular weight is 241 g/mol. The van der Waals surface area contributed by atoms with Crippen LogP contribution in [0.3, 0.4) is 0 Å². The highest BCUT2D eigenvalue weighted by Gasteiger charge is 2.01. The molecule has 0 amide bonds. The van der Waals surface area contributed by atoms with E-state index in [1.807, 2.05) is 12.1 Å². The number of hydrogen-bond donors (Lipinski definition) is 1. The van der Waals surface area contributed by atoms with Crippen LogP contribution in [0.2, 0.25) is 5.02 Å². The first kappa shape index (κ1) is 13.5. The Kier molecular flexibility index (Phi) is 5.81. The van der Waals surface area contributed by atoms with E-state index in [0.717, 1.165) is 31.2 Å². The Morgan fingerprint density at radius 3 is 2.81 bits per heavy atom. The number of rotatable bonds is 6. The molecule has 0 bridgehead atoms. The minimum absolute atomic E-state index is 0.852. The SMILES string of the molecule is CCN(C)CCNCc1cccc(Cl)c1C. The van der Waals surface area contributed by atoms with E-state index in [1.54, 1.807) is 0 Å². The molecule has 0 heterocycles. The number of nitrogens with one attached hydrogen (secondary N) is 1. The summed E-state index contributed by atoms with van der Waals surface area (Å²) in [5.74, 6) is 0. The number of likely N-dealkylation sites (N-methyl/N-ethyl adjacent to an activating group) is 1. The van der Waals surface area contributed by atoms with E-state index in [9.17, 15) is 0 Å². The van der Waals surface area contributed by atoms with Crippen LogP contribution in [0, 0.1) is 6.92 Å². The standard InChI is InChI=1S/C13H21ClN2/c1-4-16(3)9-8-15-10-12-6-5-7-13(14)11(12)2/h5-7,15H,4,8-10H2,1-3H3. The van der Waals surface area contributed by atoms with Gasteiger partial charge >= 0.3 is 0 Å². The number of benzene rings is 1. The van der Waals surface area contributed by atoms with Crippen LogP contribution in [0.5, 0.6) is 0 Å². The minimum Gasteiger partial charge on any atom is -0.311 e. The maximum Gasteiger partial charge on any atom is 0.0438 e. The highest BCUT2D eigenvalue weighted by atomic mass is 35.5. The van der Waals surface area contributed by atoms with Gasteiger partial charge in [-0.25, -0.2) is 0 Å². The highest BCUT2D eigenvalue weighted by molar-refractivity contribution is 6.31. The Hall–Kier alpha value is -0.570. The monoisotopic (exact) mass is 240 g/mol. The fourth-order valence-corrected chi connectivity index (χ4v) is 1.69. The highest BCUT2D eigenvalue weighted by Crippen LogP contribution is 2.18. The second-order valence-electron chi connectivity index (χ2n) is 4.10. The van der Waals surface area contributed by atoms with Gasteiger partial charge in [0, 0.05) is 24.7 Å². The van der Waals surface area contributed by atoms with Crippen LogP contribution in [0.4, 0.5) is 0 Å². The minimum atomic E-state index is 0.852. The third-order valence-electron chi connectivity index (χ3n) is 2.91. The molecular formula is C13H21ClN2. The van der Waals surface area contributed by atoms with Crippen molar-refractivity contribution in [3.8, 4) is 0 Å². The molecule has 90 valence electrons. The molecule has 1 rings (SSSR count). The number of hydrogen-bond acceptors (Lipinski definition) is 2. The van der Waals surface area contributed by atoms with Gasteiger partial charge in [0.15, 0.2) is 0 Å². The van der Waals surface area contributed by atoms with E-state index in [4.69, 9.17) is 11.6 Å². The average Bonchev–Trinajstić information content (AvgIpc) is 2.29. The Balaban J connectivity index is 2.35. The van der Waals surface area contributed by atoms with Gasteiger partial charge in [-0.2, -0.15) is 0 Å². The van der Waals surface area contributed by atoms with Crippen molar-refractivity contribution in [3.63, 3.8) is 0 Å². The summed E-state index contributed by atoms with van der Waals surface area (Å²) in [4.78, 5) is 2.29. The van der Waals surface area contributed by atoms with Crippen LogP contribution in [-0.2, 0) is 6.54 Å². The first-order valence-electron chi connectivity index (χ1n) is 5.78. The molecule has 0 radical (unpaired) electrons. The van der Waals surface area contributed by atoms with Crippen LogP contribution >= 0.6 is 11.6 Å². The van der Waals surface area contributed by atoms with E-state index >= 15 is 0 Å². The molecule has 2 nitrogen and oxygen atoms in total. The molecule has 1 N–H and O–H groups in total. The van der Waals surface area contributed by atoms with Gasteiger partial charge < -0.3 is 10.2 Å². The summed E-state index contributed by atoms with van der Waals surface area (Å²) in [5.41, 5.74) is 2.46. The van der Waals surface area contributed by atoms with Crippen LogP contribution in [0.1, 0.15) is 18.1 Å². The summed E-state index contributed by atoms with van der Waals surface area (Å²) in [5, 5.41) is 4.29. The molecular weight excluding hydrogens is 220 g/mol. The van der Waals surface area contributed by atoms with Crippen LogP contribution in [0.25, 0.3) is 0 Å². The lowest BCUT2D eigenvalue weighted by Crippen LogP contribution is -2.28. The first-order valence-corrected chi connectivity index (χ1v) is 6.16. The van der Waals surface area contributed by atoms with Crippen molar-refractivity contribution in [1.82, 2.24) is 10.2 Å². The second kappa shape index (κ2) is 6.89. The summed E-state index contributed by atoms with van der Waals surface area (Å²) in [6.45, 7) is 8.31. The third kappa shape index (κ3) is 4.12. The van der Waals surface area contributed by atoms with Crippen molar-refractivity contribution in [1.29, 1.82) is 0 Å². The first-order chi connectivity index (χ1) is 7.65. The third-order valence-corrected chi connectivity index (χ3v) is 3.31. The van der Waals surface area contributed by atoms with E-state index in [-0.39, 0.29) is 0 Å². The quantitative estimate of drug-likeness (QED) is 0.770. The normalized spacial score (nSPS) is 11.1. The lowest BCUT2D eigenvalue weighted by atomic mass is 10.1. The Morgan fingerprint density at radius 1 is 1.38 bits per heavy atom. The van der Waals surface area contributed by atoms with E-state index in [1.165, 1.54) is 11.1 Å². The van der Waals surface area contributed by atoms with E-state index < -0.39 is 0 Å². The fraction of sp³-hybridized carbons (Fsp3) is 0.538. The molecule has 0 aliphatic carbocycles. The predicted octanol–water partition coefficient (Wildman–Crippen LogP) is 2.69. The summed E-state index contributed by atoms with van der Waals surface area (Å²) in [7, 11) is 2.13. The zero-order valence-electron chi connectivity index (χ0n) is 10.4. The van der Waals surface area contributed by atoms with Gasteiger partial charge in [-0.3, -0.25) is 0 Å². The lowest BCUT2D eigenvalue weighted by molar-refractivity contribution is 0.349. The molecule has 0 spiro atoms. The molecule has 0 saturated carbocycles. The van der Waals surface area contributed by atoms with E-state index in [2.05, 4.69) is 37.2 Å². The topological polar surface area (TPSA) is 15.3 Å². The molecule has 0 aromatic heterocycles. The maximum absolute atomic E-state index is 6.06. The number of nitrogens with zero attached hydrogens (tertiary/aromatic N) is 1. The largest absolute Gasteiger partial charge is 0.311 e. The molecule has 1 aromatic rings. The van der Waals surface area contributed by atoms with Crippen molar-refractivity contribution in [2.24, 2.45) is 0 Å². The molecule has 0 atom stereocenters. The van der Waals surface area contributed by atoms with Gasteiger partial charge in [0.05, 0.1) is 0 Å². The van der Waals surface area contributed by atoms with Crippen molar-refractivity contribution < 1.29 is 0 Å². The predicted molar refractivity (Wildman–Crippen MR) is 71.1 cm³/mol. The van der Waals surface area contributed by atoms with Crippen LogP contribution in [0.15, 0.2) is 18.2 Å². The Labute approximate surface area is 104 Å². The molecule has 0 aliphatic rings. The second-order valence-corrected chi connectivity index (χ2v) is 4.50. The molecule has 3 heteroatoms. The Bertz CT molecular complexity index is 326. The smallest absolute Gasteiger partial charge is 0.0438 e. The van der Waals surface area contributed by atoms with Crippen molar-refractivity contribution >= 4 is 11.6 Å². The summed E-state index contributed by atoms with van der Waals surface area (Å²) >= 11 is 6.06. The van der Waals surface area contributed by atoms with Crippen LogP contribution < -0.4 is 5.32 Å². The van der Waals surface area contributed by atoms with Crippen LogP contribution in [-0.4, -0.2) is 31.6 Å². The fourth-order valence-electron chi connectivity index (χ4n) is 1.49. The molecule has 0 unspecified atom stereocenters. The molecule has 1 aromatic carbocycles.